The van der Waals surface area contributed by atoms with Crippen LogP contribution in [-0.2, 0) is 9.47 Å². The minimum absolute atomic E-state index is 0. The molecule has 0 amide bonds. The molecule has 16 aromatic carbocycles. The fourth-order valence-corrected chi connectivity index (χ4v) is 20.6. The predicted octanol–water partition coefficient (Wildman–Crippen LogP) is 28.0. The minimum Gasteiger partial charge on any atom is -0.505 e. The molecule has 0 atom stereocenters. The highest BCUT2D eigenvalue weighted by molar-refractivity contribution is 6.77. The van der Waals surface area contributed by atoms with Crippen molar-refractivity contribution in [3.8, 4) is 113 Å². The van der Waals surface area contributed by atoms with Gasteiger partial charge in [-0.3, -0.25) is 0 Å². The average Bonchev–Trinajstić information content (AvgIpc) is 1.59. The lowest BCUT2D eigenvalue weighted by Gasteiger charge is -2.25. The van der Waals surface area contributed by atoms with E-state index in [1.807, 2.05) is 121 Å². The first-order chi connectivity index (χ1) is 62.4. The van der Waals surface area contributed by atoms with Crippen molar-refractivity contribution in [2.45, 2.75) is 53.9 Å². The number of halogens is 1. The van der Waals surface area contributed by atoms with Crippen LogP contribution in [-0.4, -0.2) is 97.4 Å². The molecular weight excluding hydrogens is 1650 g/mol. The zero-order valence-corrected chi connectivity index (χ0v) is 76.7. The summed E-state index contributed by atoms with van der Waals surface area (Å²) >= 11 is 0. The highest BCUT2D eigenvalue weighted by Gasteiger charge is 2.32. The summed E-state index contributed by atoms with van der Waals surface area (Å²) < 4.78 is 60.3. The number of phenolic OH excluding ortho intramolecular Hbond substituents is 2. The Balaban J connectivity index is 0.000000173. The number of rotatable bonds is 26. The second-order valence-corrected chi connectivity index (χ2v) is 44.5. The number of benzene rings is 16. The van der Waals surface area contributed by atoms with Crippen LogP contribution in [0.4, 0.5) is 0 Å². The fourth-order valence-electron chi connectivity index (χ4n) is 18.2. The molecule has 129 heavy (non-hydrogen) atoms. The smallest absolute Gasteiger partial charge is 0.188 e. The first-order valence-electron chi connectivity index (χ1n) is 43.4. The number of hydrogen-bond acceptors (Lipinski definition) is 10. The SMILES string of the molecule is COCOc1c(-c2ccccc2OC[Si](C)(C)COc2ccccc2-c2cc(C)cc(-n3c4ccccc4c4ccccc43)c2OCOC)cc(C)cc1-n1c2ccccc2c2ccccc21.Cc1cc(-c2ccccc2OC[Si](C)(C)COc2ccccc2-c2cc(C)cc(-n3c4ccccc4c4ccccc43)c2O)c(O)c(-n2c3ccccc3c3ccccc32)c1.Cl. The molecule has 0 saturated carbocycles. The molecule has 2 N–H and O–H groups in total. The number of aromatic nitrogens is 4. The molecule has 20 aromatic rings. The summed E-state index contributed by atoms with van der Waals surface area (Å²) in [6.07, 6.45) is 2.03. The number of ether oxygens (including phenoxy) is 8. The fraction of sp³-hybridized carbons (Fsp3) is 0.143. The Kier molecular flexibility index (Phi) is 24.0. The molecule has 14 nitrogen and oxygen atoms in total. The van der Waals surface area contributed by atoms with Gasteiger partial charge in [0.15, 0.2) is 25.1 Å². The van der Waals surface area contributed by atoms with Crippen LogP contribution in [0.2, 0.25) is 26.2 Å². The number of fused-ring (bicyclic) bond motifs is 12. The van der Waals surface area contributed by atoms with Crippen LogP contribution in [0, 0.1) is 27.7 Å². The van der Waals surface area contributed by atoms with Crippen molar-refractivity contribution in [2.75, 3.05) is 52.7 Å². The van der Waals surface area contributed by atoms with Crippen molar-refractivity contribution in [1.82, 2.24) is 18.3 Å². The minimum atomic E-state index is -2.19. The van der Waals surface area contributed by atoms with Crippen LogP contribution in [0.1, 0.15) is 22.3 Å². The number of para-hydroxylation sites is 12. The van der Waals surface area contributed by atoms with Crippen LogP contribution in [0.25, 0.3) is 154 Å². The Morgan fingerprint density at radius 2 is 0.426 bits per heavy atom. The van der Waals surface area contributed by atoms with Crippen molar-refractivity contribution in [3.05, 3.63) is 362 Å². The summed E-state index contributed by atoms with van der Waals surface area (Å²) in [5, 5.41) is 33.6. The van der Waals surface area contributed by atoms with Gasteiger partial charge in [-0.05, 0) is 171 Å². The van der Waals surface area contributed by atoms with E-state index >= 15 is 0 Å². The van der Waals surface area contributed by atoms with E-state index in [-0.39, 0.29) is 37.5 Å². The molecular formula is C112H101ClN4O10Si2. The van der Waals surface area contributed by atoms with Gasteiger partial charge >= 0.3 is 0 Å². The topological polar surface area (TPSA) is 134 Å². The van der Waals surface area contributed by atoms with Crippen LogP contribution >= 0.6 is 12.4 Å². The molecule has 0 fully saturated rings. The second-order valence-electron chi connectivity index (χ2n) is 34.7. The van der Waals surface area contributed by atoms with Gasteiger partial charge in [-0.2, -0.15) is 0 Å². The van der Waals surface area contributed by atoms with Gasteiger partial charge in [0, 0.05) is 102 Å². The standard InChI is InChI=1S/C58H54N2O6Si.C54H46N2O4Si.ClH/c1-39-31-47(57(63-35-61-3)53(33-39)59-49-25-13-7-19-41(49)42-20-8-14-26-50(42)59)45-23-11-17-29-55(45)65-37-67(5,6)38-66-56-30-18-12-24-46(56)48-32-40(2)34-54(58(48)64-36-62-4)60-51-27-15-9-21-43(51)44-22-10-16-28-52(44)60;1-35-29-43(53(57)49(31-35)55-45-23-11-5-17-37(45)38-18-6-12-24-46(38)55)41-21-9-15-27-51(41)59-33-61(3,4)34-60-52-28-16-10-22-42(52)44-30-36(2)32-50(54(44)58)56-47-25-13-7-19-39(47)40-20-8-14-26-48(40)56;/h7-34H,35-38H2,1-6H3;5-32,57-58H,33-34H2,1-4H3;1H. The maximum Gasteiger partial charge on any atom is 0.188 e. The first-order valence-corrected chi connectivity index (χ1v) is 50.3. The van der Waals surface area contributed by atoms with Gasteiger partial charge < -0.3 is 66.4 Å². The van der Waals surface area contributed by atoms with Gasteiger partial charge in [-0.15, -0.1) is 12.4 Å². The van der Waals surface area contributed by atoms with Gasteiger partial charge in [0.05, 0.1) is 91.8 Å². The van der Waals surface area contributed by atoms with E-state index in [9.17, 15) is 10.2 Å². The van der Waals surface area contributed by atoms with Crippen molar-refractivity contribution in [2.24, 2.45) is 0 Å². The van der Waals surface area contributed by atoms with Crippen molar-refractivity contribution in [1.29, 1.82) is 0 Å². The Morgan fingerprint density at radius 1 is 0.233 bits per heavy atom. The quantitative estimate of drug-likeness (QED) is 0.0399. The Labute approximate surface area is 758 Å². The largest absolute Gasteiger partial charge is 0.505 e. The number of hydrogen-bond donors (Lipinski definition) is 2. The predicted molar refractivity (Wildman–Crippen MR) is 536 cm³/mol. The Bertz CT molecular complexity index is 6980. The molecule has 4 aromatic heterocycles. The highest BCUT2D eigenvalue weighted by Crippen LogP contribution is 2.50. The van der Waals surface area contributed by atoms with E-state index in [2.05, 4.69) is 291 Å². The zero-order valence-electron chi connectivity index (χ0n) is 73.9. The van der Waals surface area contributed by atoms with Gasteiger partial charge in [0.1, 0.15) is 50.6 Å². The summed E-state index contributed by atoms with van der Waals surface area (Å²) in [6.45, 7) is 17.7. The molecule has 0 radical (unpaired) electrons. The molecule has 0 aliphatic heterocycles. The van der Waals surface area contributed by atoms with E-state index in [1.54, 1.807) is 14.2 Å². The third kappa shape index (κ3) is 16.5. The van der Waals surface area contributed by atoms with E-state index in [1.165, 1.54) is 21.5 Å². The molecule has 0 spiro atoms. The molecule has 17 heteroatoms. The van der Waals surface area contributed by atoms with Crippen molar-refractivity contribution < 1.29 is 48.1 Å². The third-order valence-corrected chi connectivity index (χ3v) is 27.7. The molecule has 0 saturated heterocycles. The van der Waals surface area contributed by atoms with Crippen LogP contribution < -0.4 is 28.4 Å². The van der Waals surface area contributed by atoms with Gasteiger partial charge in [-0.25, -0.2) is 0 Å². The lowest BCUT2D eigenvalue weighted by atomic mass is 9.99. The highest BCUT2D eigenvalue weighted by atomic mass is 35.5. The molecule has 0 bridgehead atoms. The summed E-state index contributed by atoms with van der Waals surface area (Å²) in [5.74, 6) is 4.81. The molecule has 4 heterocycles. The zero-order chi connectivity index (χ0) is 87.9. The number of nitrogens with zero attached hydrogens (tertiary/aromatic N) is 4. The third-order valence-electron chi connectivity index (χ3n) is 24.0. The Morgan fingerprint density at radius 3 is 0.667 bits per heavy atom. The van der Waals surface area contributed by atoms with Gasteiger partial charge in [-0.1, -0.05) is 245 Å². The summed E-state index contributed by atoms with van der Waals surface area (Å²) in [4.78, 5) is 0. The van der Waals surface area contributed by atoms with E-state index in [0.29, 0.717) is 36.4 Å². The molecule has 644 valence electrons. The van der Waals surface area contributed by atoms with E-state index in [4.69, 9.17) is 37.9 Å². The lowest BCUT2D eigenvalue weighted by Crippen LogP contribution is -2.41. The van der Waals surface area contributed by atoms with Crippen LogP contribution in [0.3, 0.4) is 0 Å². The van der Waals surface area contributed by atoms with E-state index in [0.717, 1.165) is 178 Å². The molecule has 0 unspecified atom stereocenters. The maximum absolute atomic E-state index is 12.1. The van der Waals surface area contributed by atoms with Crippen molar-refractivity contribution in [3.63, 3.8) is 0 Å². The summed E-state index contributed by atoms with van der Waals surface area (Å²) in [7, 11) is -1.07. The van der Waals surface area contributed by atoms with E-state index < -0.39 is 16.1 Å². The Hall–Kier alpha value is -14.2. The molecule has 0 aliphatic carbocycles. The number of phenols is 2. The molecule has 20 rings (SSSR count). The summed E-state index contributed by atoms with van der Waals surface area (Å²) in [6, 6.07) is 117. The van der Waals surface area contributed by atoms with Gasteiger partial charge in [0.2, 0.25) is 0 Å². The number of aromatic hydroxyl groups is 2. The number of aryl methyl sites for hydroxylation is 4. The van der Waals surface area contributed by atoms with Crippen molar-refractivity contribution >= 4 is 116 Å². The average molecular weight is 1750 g/mol. The monoisotopic (exact) mass is 1750 g/mol. The van der Waals surface area contributed by atoms with Gasteiger partial charge in [0.25, 0.3) is 0 Å². The maximum atomic E-state index is 12.1. The second kappa shape index (κ2) is 36.3. The molecule has 0 aliphatic rings. The normalized spacial score (nSPS) is 11.7. The first kappa shape index (κ1) is 85.6. The van der Waals surface area contributed by atoms with Crippen LogP contribution in [0.15, 0.2) is 340 Å². The lowest BCUT2D eigenvalue weighted by molar-refractivity contribution is 0.0513. The number of methoxy groups -OCH3 is 2. The summed E-state index contributed by atoms with van der Waals surface area (Å²) in [5.41, 5.74) is 23.0. The van der Waals surface area contributed by atoms with Crippen LogP contribution in [0.5, 0.6) is 46.0 Å².